The SMILES string of the molecule is Cc1ccc(C(C)C)cc1-c1c2ccc(-c3cccnc3)cc2cc[n+]1C. The van der Waals surface area contributed by atoms with Gasteiger partial charge in [0.05, 0.1) is 5.39 Å². The van der Waals surface area contributed by atoms with E-state index in [1.807, 2.05) is 18.5 Å². The summed E-state index contributed by atoms with van der Waals surface area (Å²) in [6, 6.07) is 19.8. The van der Waals surface area contributed by atoms with Crippen molar-refractivity contribution in [3.05, 3.63) is 84.3 Å². The molecular weight excluding hydrogens is 328 g/mol. The van der Waals surface area contributed by atoms with Gasteiger partial charge in [0.1, 0.15) is 7.05 Å². The first kappa shape index (κ1) is 17.4. The van der Waals surface area contributed by atoms with Crippen LogP contribution in [-0.2, 0) is 7.05 Å². The van der Waals surface area contributed by atoms with Crippen LogP contribution in [0.5, 0.6) is 0 Å². The van der Waals surface area contributed by atoms with Crippen molar-refractivity contribution in [1.29, 1.82) is 0 Å². The highest BCUT2D eigenvalue weighted by molar-refractivity contribution is 5.96. The Morgan fingerprint density at radius 3 is 2.52 bits per heavy atom. The Morgan fingerprint density at radius 2 is 1.78 bits per heavy atom. The van der Waals surface area contributed by atoms with Crippen molar-refractivity contribution in [1.82, 2.24) is 4.98 Å². The minimum Gasteiger partial charge on any atom is -0.264 e. The van der Waals surface area contributed by atoms with Crippen molar-refractivity contribution in [2.45, 2.75) is 26.7 Å². The first-order chi connectivity index (χ1) is 13.0. The molecule has 27 heavy (non-hydrogen) atoms. The minimum atomic E-state index is 0.516. The van der Waals surface area contributed by atoms with Crippen LogP contribution in [0.25, 0.3) is 33.2 Å². The van der Waals surface area contributed by atoms with E-state index in [9.17, 15) is 0 Å². The second kappa shape index (κ2) is 6.96. The number of aromatic nitrogens is 2. The van der Waals surface area contributed by atoms with Gasteiger partial charge in [-0.25, -0.2) is 4.57 Å². The normalized spacial score (nSPS) is 11.3. The van der Waals surface area contributed by atoms with Crippen LogP contribution in [-0.4, -0.2) is 4.98 Å². The van der Waals surface area contributed by atoms with Gasteiger partial charge in [-0.05, 0) is 59.2 Å². The first-order valence-electron chi connectivity index (χ1n) is 9.48. The molecule has 0 saturated heterocycles. The maximum Gasteiger partial charge on any atom is 0.220 e. The molecule has 0 N–H and O–H groups in total. The van der Waals surface area contributed by atoms with E-state index in [-0.39, 0.29) is 0 Å². The lowest BCUT2D eigenvalue weighted by Crippen LogP contribution is -2.30. The van der Waals surface area contributed by atoms with Gasteiger partial charge in [0, 0.05) is 29.6 Å². The van der Waals surface area contributed by atoms with E-state index in [1.54, 1.807) is 0 Å². The van der Waals surface area contributed by atoms with Crippen LogP contribution >= 0.6 is 0 Å². The van der Waals surface area contributed by atoms with Gasteiger partial charge in [-0.2, -0.15) is 0 Å². The van der Waals surface area contributed by atoms with Crippen molar-refractivity contribution < 1.29 is 4.57 Å². The molecule has 0 saturated carbocycles. The van der Waals surface area contributed by atoms with Crippen LogP contribution in [0.4, 0.5) is 0 Å². The van der Waals surface area contributed by atoms with E-state index in [2.05, 4.69) is 92.1 Å². The van der Waals surface area contributed by atoms with Crippen molar-refractivity contribution >= 4 is 10.8 Å². The van der Waals surface area contributed by atoms with Crippen molar-refractivity contribution in [3.63, 3.8) is 0 Å². The van der Waals surface area contributed by atoms with E-state index in [0.717, 1.165) is 5.56 Å². The minimum absolute atomic E-state index is 0.516. The van der Waals surface area contributed by atoms with E-state index < -0.39 is 0 Å². The Balaban J connectivity index is 1.94. The molecule has 134 valence electrons. The summed E-state index contributed by atoms with van der Waals surface area (Å²) in [5.41, 5.74) is 7.60. The van der Waals surface area contributed by atoms with Gasteiger partial charge in [0.15, 0.2) is 6.20 Å². The highest BCUT2D eigenvalue weighted by Gasteiger charge is 2.18. The molecule has 4 aromatic rings. The Hall–Kier alpha value is -3.00. The van der Waals surface area contributed by atoms with E-state index in [1.165, 1.54) is 38.7 Å². The summed E-state index contributed by atoms with van der Waals surface area (Å²) >= 11 is 0. The molecule has 0 amide bonds. The van der Waals surface area contributed by atoms with Gasteiger partial charge < -0.3 is 0 Å². The molecule has 0 unspecified atom stereocenters. The molecule has 0 aliphatic rings. The Labute approximate surface area is 161 Å². The summed E-state index contributed by atoms with van der Waals surface area (Å²) in [6.45, 7) is 6.69. The number of nitrogens with zero attached hydrogens (tertiary/aromatic N) is 2. The van der Waals surface area contributed by atoms with Crippen molar-refractivity contribution in [2.75, 3.05) is 0 Å². The molecule has 0 aliphatic carbocycles. The number of pyridine rings is 2. The average Bonchev–Trinajstić information content (AvgIpc) is 2.69. The maximum absolute atomic E-state index is 4.25. The molecule has 2 heteroatoms. The number of rotatable bonds is 3. The van der Waals surface area contributed by atoms with Crippen LogP contribution in [0.2, 0.25) is 0 Å². The van der Waals surface area contributed by atoms with Crippen LogP contribution in [0.3, 0.4) is 0 Å². The molecule has 0 aliphatic heterocycles. The fourth-order valence-corrected chi connectivity index (χ4v) is 3.67. The van der Waals surface area contributed by atoms with Crippen LogP contribution < -0.4 is 4.57 Å². The van der Waals surface area contributed by atoms with Crippen molar-refractivity contribution in [3.8, 4) is 22.4 Å². The lowest BCUT2D eigenvalue weighted by Gasteiger charge is -2.12. The predicted octanol–water partition coefficient (Wildman–Crippen LogP) is 5.83. The molecule has 2 heterocycles. The number of aryl methyl sites for hydroxylation is 2. The molecule has 2 aromatic carbocycles. The molecule has 2 aromatic heterocycles. The zero-order chi connectivity index (χ0) is 19.0. The number of hydrogen-bond donors (Lipinski definition) is 0. The Kier molecular flexibility index (Phi) is 4.49. The second-order valence-corrected chi connectivity index (χ2v) is 7.55. The number of benzene rings is 2. The summed E-state index contributed by atoms with van der Waals surface area (Å²) in [5.74, 6) is 0.516. The fourth-order valence-electron chi connectivity index (χ4n) is 3.67. The fraction of sp³-hybridized carbons (Fsp3) is 0.200. The average molecular weight is 353 g/mol. The quantitative estimate of drug-likeness (QED) is 0.424. The lowest BCUT2D eigenvalue weighted by molar-refractivity contribution is -0.659. The van der Waals surface area contributed by atoms with Crippen LogP contribution in [0.15, 0.2) is 73.2 Å². The number of hydrogen-bond acceptors (Lipinski definition) is 1. The Morgan fingerprint density at radius 1 is 0.926 bits per heavy atom. The Bertz CT molecular complexity index is 1110. The summed E-state index contributed by atoms with van der Waals surface area (Å²) in [6.07, 6.45) is 5.89. The van der Waals surface area contributed by atoms with E-state index in [0.29, 0.717) is 5.92 Å². The molecule has 0 radical (unpaired) electrons. The third-order valence-electron chi connectivity index (χ3n) is 5.32. The molecule has 0 bridgehead atoms. The number of fused-ring (bicyclic) bond motifs is 1. The molecule has 2 nitrogen and oxygen atoms in total. The summed E-state index contributed by atoms with van der Waals surface area (Å²) in [5, 5.41) is 2.52. The molecule has 0 atom stereocenters. The van der Waals surface area contributed by atoms with Crippen LogP contribution in [0.1, 0.15) is 30.9 Å². The molecule has 0 spiro atoms. The van der Waals surface area contributed by atoms with Gasteiger partial charge in [-0.1, -0.05) is 38.1 Å². The van der Waals surface area contributed by atoms with E-state index >= 15 is 0 Å². The third kappa shape index (κ3) is 3.23. The van der Waals surface area contributed by atoms with Gasteiger partial charge in [-0.15, -0.1) is 0 Å². The van der Waals surface area contributed by atoms with Gasteiger partial charge in [0.2, 0.25) is 5.69 Å². The summed E-state index contributed by atoms with van der Waals surface area (Å²) in [7, 11) is 2.13. The predicted molar refractivity (Wildman–Crippen MR) is 113 cm³/mol. The third-order valence-corrected chi connectivity index (χ3v) is 5.32. The van der Waals surface area contributed by atoms with Crippen molar-refractivity contribution in [2.24, 2.45) is 7.05 Å². The summed E-state index contributed by atoms with van der Waals surface area (Å²) in [4.78, 5) is 4.25. The zero-order valence-corrected chi connectivity index (χ0v) is 16.4. The topological polar surface area (TPSA) is 16.8 Å². The largest absolute Gasteiger partial charge is 0.264 e. The molecule has 4 rings (SSSR count). The first-order valence-corrected chi connectivity index (χ1v) is 9.48. The summed E-state index contributed by atoms with van der Waals surface area (Å²) < 4.78 is 2.23. The van der Waals surface area contributed by atoms with Gasteiger partial charge in [0.25, 0.3) is 0 Å². The lowest BCUT2D eigenvalue weighted by atomic mass is 9.93. The molecular formula is C25H25N2+. The maximum atomic E-state index is 4.25. The van der Waals surface area contributed by atoms with Gasteiger partial charge >= 0.3 is 0 Å². The standard InChI is InChI=1S/C25H25N2/c1-17(2)19-8-7-18(3)24(15-19)25-23-10-9-20(22-6-5-12-26-16-22)14-21(23)11-13-27(25)4/h5-17H,1-4H3/q+1. The highest BCUT2D eigenvalue weighted by Crippen LogP contribution is 2.32. The molecule has 0 fully saturated rings. The monoisotopic (exact) mass is 353 g/mol. The highest BCUT2D eigenvalue weighted by atomic mass is 14.9. The second-order valence-electron chi connectivity index (χ2n) is 7.55. The van der Waals surface area contributed by atoms with Crippen LogP contribution in [0, 0.1) is 6.92 Å². The smallest absolute Gasteiger partial charge is 0.220 e. The van der Waals surface area contributed by atoms with E-state index in [4.69, 9.17) is 0 Å². The zero-order valence-electron chi connectivity index (χ0n) is 16.4. The van der Waals surface area contributed by atoms with Gasteiger partial charge in [-0.3, -0.25) is 4.98 Å².